The van der Waals surface area contributed by atoms with Crippen molar-refractivity contribution in [3.05, 3.63) is 29.8 Å². The molecule has 2 N–H and O–H groups in total. The fourth-order valence-corrected chi connectivity index (χ4v) is 3.80. The molecule has 0 bridgehead atoms. The van der Waals surface area contributed by atoms with Crippen LogP contribution < -0.4 is 15.4 Å². The lowest BCUT2D eigenvalue weighted by atomic mass is 10.0. The predicted molar refractivity (Wildman–Crippen MR) is 136 cm³/mol. The van der Waals surface area contributed by atoms with Gasteiger partial charge in [0.2, 0.25) is 0 Å². The van der Waals surface area contributed by atoms with Gasteiger partial charge in [-0.3, -0.25) is 14.7 Å². The van der Waals surface area contributed by atoms with Gasteiger partial charge >= 0.3 is 5.97 Å². The first-order valence-electron chi connectivity index (χ1n) is 11.2. The van der Waals surface area contributed by atoms with Crippen LogP contribution in [0.5, 0.6) is 5.75 Å². The van der Waals surface area contributed by atoms with Crippen LogP contribution in [0.4, 0.5) is 0 Å². The van der Waals surface area contributed by atoms with Crippen LogP contribution in [0.2, 0.25) is 0 Å². The van der Waals surface area contributed by atoms with Crippen LogP contribution in [0.25, 0.3) is 0 Å². The minimum atomic E-state index is -0.137. The summed E-state index contributed by atoms with van der Waals surface area (Å²) in [6.07, 6.45) is 5.79. The average molecular weight is 546 g/mol. The normalized spacial score (nSPS) is 15.1. The smallest absolute Gasteiger partial charge is 0.305 e. The zero-order valence-electron chi connectivity index (χ0n) is 19.2. The number of rotatable bonds is 12. The molecular formula is C23H39IN4O3. The van der Waals surface area contributed by atoms with E-state index in [-0.39, 0.29) is 36.0 Å². The molecule has 8 heteroatoms. The minimum absolute atomic E-state index is 0. The van der Waals surface area contributed by atoms with E-state index in [1.54, 1.807) is 7.11 Å². The monoisotopic (exact) mass is 546 g/mol. The van der Waals surface area contributed by atoms with Crippen molar-refractivity contribution >= 4 is 35.9 Å². The fourth-order valence-electron chi connectivity index (χ4n) is 3.80. The van der Waals surface area contributed by atoms with Gasteiger partial charge in [-0.2, -0.15) is 0 Å². The summed E-state index contributed by atoms with van der Waals surface area (Å²) in [5.41, 5.74) is 1.20. The van der Waals surface area contributed by atoms with Gasteiger partial charge in [0.25, 0.3) is 0 Å². The third-order valence-corrected chi connectivity index (χ3v) is 5.42. The molecule has 1 saturated heterocycles. The molecule has 1 atom stereocenters. The molecule has 0 amide bonds. The molecule has 176 valence electrons. The van der Waals surface area contributed by atoms with E-state index < -0.39 is 0 Å². The summed E-state index contributed by atoms with van der Waals surface area (Å²) < 4.78 is 10.3. The highest BCUT2D eigenvalue weighted by Crippen LogP contribution is 2.31. The van der Waals surface area contributed by atoms with E-state index in [4.69, 9.17) is 9.73 Å². The average Bonchev–Trinajstić information content (AvgIpc) is 3.30. The van der Waals surface area contributed by atoms with Crippen molar-refractivity contribution in [2.75, 3.05) is 46.9 Å². The number of guanidine groups is 1. The predicted octanol–water partition coefficient (Wildman–Crippen LogP) is 3.74. The Kier molecular flexibility index (Phi) is 14.3. The van der Waals surface area contributed by atoms with Gasteiger partial charge in [-0.1, -0.05) is 24.6 Å². The molecule has 1 aliphatic rings. The Morgan fingerprint density at radius 1 is 1.13 bits per heavy atom. The van der Waals surface area contributed by atoms with E-state index in [9.17, 15) is 4.79 Å². The first-order chi connectivity index (χ1) is 14.7. The number of nitrogens with one attached hydrogen (secondary N) is 2. The van der Waals surface area contributed by atoms with Crippen molar-refractivity contribution in [1.29, 1.82) is 0 Å². The number of hydrogen-bond acceptors (Lipinski definition) is 5. The van der Waals surface area contributed by atoms with E-state index in [1.165, 1.54) is 25.5 Å². The molecule has 0 radical (unpaired) electrons. The molecule has 31 heavy (non-hydrogen) atoms. The highest BCUT2D eigenvalue weighted by Gasteiger charge is 2.25. The van der Waals surface area contributed by atoms with Crippen LogP contribution in [-0.4, -0.2) is 63.8 Å². The SMILES string of the molecule is CCNC(=NCC(c1ccccc1OC)N1CCCC1)NCCCCCC(=O)OC.I. The molecule has 7 nitrogen and oxygen atoms in total. The molecule has 0 aliphatic carbocycles. The number of benzene rings is 1. The third kappa shape index (κ3) is 9.64. The third-order valence-electron chi connectivity index (χ3n) is 5.42. The number of esters is 1. The highest BCUT2D eigenvalue weighted by atomic mass is 127. The molecule has 2 rings (SSSR count). The second kappa shape index (κ2) is 16.1. The Bertz CT molecular complexity index is 666. The lowest BCUT2D eigenvalue weighted by Crippen LogP contribution is -2.39. The summed E-state index contributed by atoms with van der Waals surface area (Å²) in [5, 5.41) is 6.76. The fraction of sp³-hybridized carbons (Fsp3) is 0.652. The summed E-state index contributed by atoms with van der Waals surface area (Å²) in [4.78, 5) is 18.6. The number of likely N-dealkylation sites (tertiary alicyclic amines) is 1. The van der Waals surface area contributed by atoms with Gasteiger partial charge in [0.1, 0.15) is 5.75 Å². The summed E-state index contributed by atoms with van der Waals surface area (Å²) in [6.45, 7) is 6.60. The second-order valence-electron chi connectivity index (χ2n) is 7.53. The van der Waals surface area contributed by atoms with Gasteiger partial charge in [0.15, 0.2) is 5.96 Å². The van der Waals surface area contributed by atoms with Crippen LogP contribution >= 0.6 is 24.0 Å². The standard InChI is InChI=1S/C23H38N4O3.HI/c1-4-24-23(25-15-9-5-6-14-22(28)30-3)26-18-20(27-16-10-11-17-27)19-12-7-8-13-21(19)29-2;/h7-8,12-13,20H,4-6,9-11,14-18H2,1-3H3,(H2,24,25,26);1H. The van der Waals surface area contributed by atoms with Gasteiger partial charge < -0.3 is 20.1 Å². The van der Waals surface area contributed by atoms with Crippen LogP contribution in [0.15, 0.2) is 29.3 Å². The number of methoxy groups -OCH3 is 2. The summed E-state index contributed by atoms with van der Waals surface area (Å²) in [5.74, 6) is 1.62. The maximum Gasteiger partial charge on any atom is 0.305 e. The van der Waals surface area contributed by atoms with Gasteiger partial charge in [-0.25, -0.2) is 0 Å². The van der Waals surface area contributed by atoms with E-state index in [1.807, 2.05) is 12.1 Å². The number of unbranched alkanes of at least 4 members (excludes halogenated alkanes) is 2. The van der Waals surface area contributed by atoms with Crippen LogP contribution in [0.3, 0.4) is 0 Å². The number of aliphatic imine (C=N–C) groups is 1. The summed E-state index contributed by atoms with van der Waals surface area (Å²) in [6, 6.07) is 8.47. The lowest BCUT2D eigenvalue weighted by Gasteiger charge is -2.28. The maximum absolute atomic E-state index is 11.2. The quantitative estimate of drug-likeness (QED) is 0.137. The van der Waals surface area contributed by atoms with Gasteiger partial charge in [0.05, 0.1) is 26.8 Å². The summed E-state index contributed by atoms with van der Waals surface area (Å²) >= 11 is 0. The number of nitrogens with zero attached hydrogens (tertiary/aromatic N) is 2. The van der Waals surface area contributed by atoms with Crippen molar-refractivity contribution in [1.82, 2.24) is 15.5 Å². The van der Waals surface area contributed by atoms with Gasteiger partial charge in [0, 0.05) is 25.1 Å². The Hall–Kier alpha value is -1.55. The van der Waals surface area contributed by atoms with Crippen LogP contribution in [0.1, 0.15) is 57.1 Å². The zero-order valence-corrected chi connectivity index (χ0v) is 21.5. The van der Waals surface area contributed by atoms with Crippen molar-refractivity contribution in [2.45, 2.75) is 51.5 Å². The Labute approximate surface area is 204 Å². The summed E-state index contributed by atoms with van der Waals surface area (Å²) in [7, 11) is 3.17. The van der Waals surface area contributed by atoms with Crippen molar-refractivity contribution in [2.24, 2.45) is 4.99 Å². The lowest BCUT2D eigenvalue weighted by molar-refractivity contribution is -0.140. The molecule has 1 aromatic carbocycles. The first-order valence-corrected chi connectivity index (χ1v) is 11.2. The number of halogens is 1. The molecule has 1 aliphatic heterocycles. The number of para-hydroxylation sites is 1. The maximum atomic E-state index is 11.2. The molecule has 0 aromatic heterocycles. The van der Waals surface area contributed by atoms with Crippen molar-refractivity contribution in [3.8, 4) is 5.75 Å². The van der Waals surface area contributed by atoms with Gasteiger partial charge in [-0.05, 0) is 51.8 Å². The van der Waals surface area contributed by atoms with E-state index >= 15 is 0 Å². The van der Waals surface area contributed by atoms with E-state index in [2.05, 4.69) is 39.3 Å². The molecule has 1 fully saturated rings. The zero-order chi connectivity index (χ0) is 21.6. The Morgan fingerprint density at radius 3 is 2.55 bits per heavy atom. The number of hydrogen-bond donors (Lipinski definition) is 2. The number of ether oxygens (including phenoxy) is 2. The van der Waals surface area contributed by atoms with E-state index in [0.717, 1.165) is 57.2 Å². The van der Waals surface area contributed by atoms with E-state index in [0.29, 0.717) is 13.0 Å². The van der Waals surface area contributed by atoms with Gasteiger partial charge in [-0.15, -0.1) is 24.0 Å². The second-order valence-corrected chi connectivity index (χ2v) is 7.53. The highest BCUT2D eigenvalue weighted by molar-refractivity contribution is 14.0. The Balaban J connectivity index is 0.00000480. The Morgan fingerprint density at radius 2 is 1.87 bits per heavy atom. The largest absolute Gasteiger partial charge is 0.496 e. The first kappa shape index (κ1) is 27.5. The van der Waals surface area contributed by atoms with Crippen LogP contribution in [0, 0.1) is 0 Å². The molecule has 1 heterocycles. The molecule has 0 saturated carbocycles. The number of carbonyl (C=O) groups is 1. The minimum Gasteiger partial charge on any atom is -0.496 e. The van der Waals surface area contributed by atoms with Crippen LogP contribution in [-0.2, 0) is 9.53 Å². The molecule has 1 aromatic rings. The van der Waals surface area contributed by atoms with Crippen molar-refractivity contribution < 1.29 is 14.3 Å². The topological polar surface area (TPSA) is 75.2 Å². The molecule has 0 spiro atoms. The number of carbonyl (C=O) groups excluding carboxylic acids is 1. The molecule has 1 unspecified atom stereocenters. The van der Waals surface area contributed by atoms with Crippen molar-refractivity contribution in [3.63, 3.8) is 0 Å². The molecular weight excluding hydrogens is 507 g/mol.